The van der Waals surface area contributed by atoms with Crippen molar-refractivity contribution in [3.63, 3.8) is 0 Å². The molecule has 19 heavy (non-hydrogen) atoms. The second-order valence-corrected chi connectivity index (χ2v) is 4.92. The fourth-order valence-corrected chi connectivity index (χ4v) is 2.34. The van der Waals surface area contributed by atoms with Crippen LogP contribution in [-0.4, -0.2) is 25.2 Å². The van der Waals surface area contributed by atoms with Gasteiger partial charge in [-0.1, -0.05) is 30.3 Å². The van der Waals surface area contributed by atoms with Gasteiger partial charge >= 0.3 is 0 Å². The largest absolute Gasteiger partial charge is 0.488 e. The van der Waals surface area contributed by atoms with E-state index in [4.69, 9.17) is 4.74 Å². The van der Waals surface area contributed by atoms with E-state index in [2.05, 4.69) is 47.3 Å². The monoisotopic (exact) mass is 254 g/mol. The Kier molecular flexibility index (Phi) is 3.36. The molecule has 2 heterocycles. The third-order valence-corrected chi connectivity index (χ3v) is 3.48. The molecule has 0 saturated carbocycles. The van der Waals surface area contributed by atoms with Crippen LogP contribution in [0, 0.1) is 0 Å². The van der Waals surface area contributed by atoms with Gasteiger partial charge in [0.2, 0.25) is 0 Å². The van der Waals surface area contributed by atoms with Crippen LogP contribution in [0.4, 0.5) is 5.82 Å². The number of benzene rings is 1. The number of hydrogen-bond acceptors (Lipinski definition) is 3. The topological polar surface area (TPSA) is 25.4 Å². The average Bonchev–Trinajstić information content (AvgIpc) is 2.46. The highest BCUT2D eigenvalue weighted by Crippen LogP contribution is 2.29. The quantitative estimate of drug-likeness (QED) is 0.842. The summed E-state index contributed by atoms with van der Waals surface area (Å²) in [6, 6.07) is 12.7. The van der Waals surface area contributed by atoms with Crippen LogP contribution in [0.1, 0.15) is 11.1 Å². The maximum atomic E-state index is 5.68. The molecular formula is C16H18N2O. The van der Waals surface area contributed by atoms with Crippen LogP contribution in [0.15, 0.2) is 42.6 Å². The van der Waals surface area contributed by atoms with Crippen molar-refractivity contribution >= 4 is 5.82 Å². The summed E-state index contributed by atoms with van der Waals surface area (Å²) in [5.41, 5.74) is 2.59. The highest BCUT2D eigenvalue weighted by molar-refractivity contribution is 5.54. The van der Waals surface area contributed by atoms with E-state index in [1.54, 1.807) is 0 Å². The normalized spacial score (nSPS) is 13.8. The average molecular weight is 254 g/mol. The molecular weight excluding hydrogens is 236 g/mol. The van der Waals surface area contributed by atoms with Crippen LogP contribution < -0.4 is 9.64 Å². The van der Waals surface area contributed by atoms with Gasteiger partial charge in [-0.2, -0.15) is 0 Å². The van der Waals surface area contributed by atoms with Crippen LogP contribution in [0.5, 0.6) is 5.75 Å². The van der Waals surface area contributed by atoms with Gasteiger partial charge in [-0.15, -0.1) is 0 Å². The molecule has 0 unspecified atom stereocenters. The fourth-order valence-electron chi connectivity index (χ4n) is 2.34. The second-order valence-electron chi connectivity index (χ2n) is 4.92. The number of aromatic nitrogens is 1. The van der Waals surface area contributed by atoms with Crippen molar-refractivity contribution in [1.29, 1.82) is 0 Å². The van der Waals surface area contributed by atoms with Crippen LogP contribution in [-0.2, 0) is 12.8 Å². The Balaban J connectivity index is 1.72. The Morgan fingerprint density at radius 2 is 1.95 bits per heavy atom. The number of hydrogen-bond donors (Lipinski definition) is 0. The van der Waals surface area contributed by atoms with Crippen LogP contribution in [0.3, 0.4) is 0 Å². The fraction of sp³-hybridized carbons (Fsp3) is 0.312. The molecule has 1 aromatic carbocycles. The lowest BCUT2D eigenvalue weighted by molar-refractivity contribution is 0.308. The number of anilines is 1. The van der Waals surface area contributed by atoms with E-state index in [0.717, 1.165) is 37.6 Å². The molecule has 0 fully saturated rings. The maximum absolute atomic E-state index is 5.68. The van der Waals surface area contributed by atoms with Crippen molar-refractivity contribution in [2.24, 2.45) is 0 Å². The van der Waals surface area contributed by atoms with E-state index in [9.17, 15) is 0 Å². The summed E-state index contributed by atoms with van der Waals surface area (Å²) in [6.07, 6.45) is 4.00. The highest BCUT2D eigenvalue weighted by Gasteiger charge is 2.16. The SMILES string of the molecule is CN1CCOc2cc(CCc3ccccc3)cnc21. The minimum Gasteiger partial charge on any atom is -0.488 e. The van der Waals surface area contributed by atoms with Crippen molar-refractivity contribution in [3.8, 4) is 5.75 Å². The van der Waals surface area contributed by atoms with Gasteiger partial charge in [0.05, 0.1) is 6.54 Å². The van der Waals surface area contributed by atoms with Gasteiger partial charge in [0.1, 0.15) is 6.61 Å². The van der Waals surface area contributed by atoms with Crippen molar-refractivity contribution in [2.45, 2.75) is 12.8 Å². The molecule has 0 N–H and O–H groups in total. The van der Waals surface area contributed by atoms with Crippen LogP contribution in [0.2, 0.25) is 0 Å². The zero-order valence-electron chi connectivity index (χ0n) is 11.2. The minimum absolute atomic E-state index is 0.743. The standard InChI is InChI=1S/C16H18N2O/c1-18-9-10-19-15-11-14(12-17-16(15)18)8-7-13-5-3-2-4-6-13/h2-6,11-12H,7-10H2,1H3. The summed E-state index contributed by atoms with van der Waals surface area (Å²) in [7, 11) is 2.05. The summed E-state index contributed by atoms with van der Waals surface area (Å²) >= 11 is 0. The Morgan fingerprint density at radius 1 is 1.16 bits per heavy atom. The molecule has 0 saturated heterocycles. The zero-order valence-corrected chi connectivity index (χ0v) is 11.2. The molecule has 0 atom stereocenters. The number of nitrogens with zero attached hydrogens (tertiary/aromatic N) is 2. The zero-order chi connectivity index (χ0) is 13.1. The number of aryl methyl sites for hydroxylation is 2. The maximum Gasteiger partial charge on any atom is 0.171 e. The first-order chi connectivity index (χ1) is 9.33. The van der Waals surface area contributed by atoms with Crippen molar-refractivity contribution in [2.75, 3.05) is 25.1 Å². The van der Waals surface area contributed by atoms with E-state index in [1.807, 2.05) is 12.3 Å². The molecule has 0 spiro atoms. The molecule has 0 aliphatic carbocycles. The molecule has 98 valence electrons. The highest BCUT2D eigenvalue weighted by atomic mass is 16.5. The van der Waals surface area contributed by atoms with Crippen molar-refractivity contribution in [1.82, 2.24) is 4.98 Å². The molecule has 0 radical (unpaired) electrons. The number of rotatable bonds is 3. The lowest BCUT2D eigenvalue weighted by atomic mass is 10.1. The Labute approximate surface area is 113 Å². The van der Waals surface area contributed by atoms with E-state index in [-0.39, 0.29) is 0 Å². The van der Waals surface area contributed by atoms with Crippen LogP contribution >= 0.6 is 0 Å². The van der Waals surface area contributed by atoms with Gasteiger partial charge < -0.3 is 9.64 Å². The molecule has 0 bridgehead atoms. The van der Waals surface area contributed by atoms with Gasteiger partial charge in [-0.25, -0.2) is 4.98 Å². The molecule has 3 nitrogen and oxygen atoms in total. The van der Waals surface area contributed by atoms with Gasteiger partial charge in [0.25, 0.3) is 0 Å². The number of likely N-dealkylation sites (N-methyl/N-ethyl adjacent to an activating group) is 1. The molecule has 2 aromatic rings. The number of pyridine rings is 1. The predicted octanol–water partition coefficient (Wildman–Crippen LogP) is 2.70. The van der Waals surface area contributed by atoms with Gasteiger partial charge in [-0.05, 0) is 30.0 Å². The first kappa shape index (κ1) is 12.0. The van der Waals surface area contributed by atoms with Crippen molar-refractivity contribution < 1.29 is 4.74 Å². The molecule has 3 heteroatoms. The lowest BCUT2D eigenvalue weighted by Gasteiger charge is -2.26. The predicted molar refractivity (Wildman–Crippen MR) is 76.9 cm³/mol. The summed E-state index contributed by atoms with van der Waals surface area (Å²) in [4.78, 5) is 6.65. The Morgan fingerprint density at radius 3 is 2.79 bits per heavy atom. The molecule has 1 aliphatic heterocycles. The van der Waals surface area contributed by atoms with Gasteiger partial charge in [0, 0.05) is 13.2 Å². The van der Waals surface area contributed by atoms with Gasteiger partial charge in [0.15, 0.2) is 11.6 Å². The summed E-state index contributed by atoms with van der Waals surface area (Å²) in [6.45, 7) is 1.65. The first-order valence-electron chi connectivity index (χ1n) is 6.70. The molecule has 3 rings (SSSR count). The van der Waals surface area contributed by atoms with E-state index in [1.165, 1.54) is 11.1 Å². The van der Waals surface area contributed by atoms with Gasteiger partial charge in [-0.3, -0.25) is 0 Å². The Bertz CT molecular complexity index is 554. The molecule has 1 aromatic heterocycles. The lowest BCUT2D eigenvalue weighted by Crippen LogP contribution is -2.29. The minimum atomic E-state index is 0.743. The number of ether oxygens (including phenoxy) is 1. The Hall–Kier alpha value is -2.03. The summed E-state index contributed by atoms with van der Waals surface area (Å²) in [5.74, 6) is 1.87. The second kappa shape index (κ2) is 5.31. The van der Waals surface area contributed by atoms with E-state index >= 15 is 0 Å². The number of fused-ring (bicyclic) bond motifs is 1. The van der Waals surface area contributed by atoms with E-state index in [0.29, 0.717) is 0 Å². The summed E-state index contributed by atoms with van der Waals surface area (Å²) < 4.78 is 5.68. The third kappa shape index (κ3) is 2.70. The van der Waals surface area contributed by atoms with Crippen molar-refractivity contribution in [3.05, 3.63) is 53.7 Å². The molecule has 1 aliphatic rings. The smallest absolute Gasteiger partial charge is 0.171 e. The van der Waals surface area contributed by atoms with E-state index < -0.39 is 0 Å². The summed E-state index contributed by atoms with van der Waals surface area (Å²) in [5, 5.41) is 0. The first-order valence-corrected chi connectivity index (χ1v) is 6.70. The molecule has 0 amide bonds. The van der Waals surface area contributed by atoms with Crippen LogP contribution in [0.25, 0.3) is 0 Å². The third-order valence-electron chi connectivity index (χ3n) is 3.48.